The molecule has 0 saturated heterocycles. The fraction of sp³-hybridized carbons (Fsp3) is 0.444. The lowest BCUT2D eigenvalue weighted by molar-refractivity contribution is 0.0953. The van der Waals surface area contributed by atoms with Crippen LogP contribution in [0.5, 0.6) is 0 Å². The molecule has 5 nitrogen and oxygen atoms in total. The number of nitrogens with one attached hydrogen (secondary N) is 1. The van der Waals surface area contributed by atoms with Crippen molar-refractivity contribution in [1.82, 2.24) is 9.88 Å². The van der Waals surface area contributed by atoms with Gasteiger partial charge in [-0.05, 0) is 18.9 Å². The van der Waals surface area contributed by atoms with Crippen LogP contribution in [0.15, 0.2) is 17.2 Å². The largest absolute Gasteiger partial charge is 0.354 e. The van der Waals surface area contributed by atoms with E-state index in [-0.39, 0.29) is 16.8 Å². The topological polar surface area (TPSA) is 68.2 Å². The molecular weight excluding hydrogens is 252 g/mol. The van der Waals surface area contributed by atoms with Crippen molar-refractivity contribution in [1.29, 1.82) is 0 Å². The van der Waals surface area contributed by atoms with Crippen molar-refractivity contribution in [3.05, 3.63) is 18.0 Å². The van der Waals surface area contributed by atoms with Crippen LogP contribution in [-0.2, 0) is 9.05 Å². The van der Waals surface area contributed by atoms with Crippen molar-refractivity contribution < 1.29 is 13.2 Å². The molecule has 1 heterocycles. The van der Waals surface area contributed by atoms with Crippen LogP contribution in [0.1, 0.15) is 29.4 Å². The summed E-state index contributed by atoms with van der Waals surface area (Å²) in [5.41, 5.74) is 0.337. The van der Waals surface area contributed by atoms with Gasteiger partial charge in [-0.1, -0.05) is 0 Å². The third-order valence-corrected chi connectivity index (χ3v) is 3.83. The summed E-state index contributed by atoms with van der Waals surface area (Å²) in [7, 11) is 2.96. The van der Waals surface area contributed by atoms with Gasteiger partial charge in [-0.25, -0.2) is 8.42 Å². The second-order valence-electron chi connectivity index (χ2n) is 3.72. The molecule has 1 N–H and O–H groups in total. The van der Waals surface area contributed by atoms with Gasteiger partial charge < -0.3 is 9.88 Å². The highest BCUT2D eigenvalue weighted by atomic mass is 35.7. The first-order valence-electron chi connectivity index (χ1n) is 4.82. The highest BCUT2D eigenvalue weighted by molar-refractivity contribution is 8.13. The predicted octanol–water partition coefficient (Wildman–Crippen LogP) is 1.11. The summed E-state index contributed by atoms with van der Waals surface area (Å²) < 4.78 is 24.0. The number of hydrogen-bond donors (Lipinski definition) is 1. The van der Waals surface area contributed by atoms with Gasteiger partial charge in [0.25, 0.3) is 15.0 Å². The van der Waals surface area contributed by atoms with E-state index in [2.05, 4.69) is 5.32 Å². The van der Waals surface area contributed by atoms with E-state index < -0.39 is 9.05 Å². The molecule has 2 rings (SSSR count). The first-order valence-corrected chi connectivity index (χ1v) is 7.13. The number of nitrogens with zero attached hydrogens (tertiary/aromatic N) is 1. The third kappa shape index (κ3) is 2.08. The van der Waals surface area contributed by atoms with E-state index in [1.165, 1.54) is 19.3 Å². The molecule has 1 saturated carbocycles. The molecule has 0 radical (unpaired) electrons. The van der Waals surface area contributed by atoms with Gasteiger partial charge in [0.05, 0.1) is 0 Å². The maximum Gasteiger partial charge on any atom is 0.267 e. The fourth-order valence-corrected chi connectivity index (χ4v) is 2.30. The Balaban J connectivity index is 2.50. The van der Waals surface area contributed by atoms with Crippen LogP contribution < -0.4 is 5.32 Å². The summed E-state index contributed by atoms with van der Waals surface area (Å²) in [4.78, 5) is 11.5. The fourth-order valence-electron chi connectivity index (χ4n) is 1.55. The number of rotatable bonds is 3. The van der Waals surface area contributed by atoms with Gasteiger partial charge in [-0.3, -0.25) is 4.79 Å². The highest BCUT2D eigenvalue weighted by Crippen LogP contribution is 2.37. The summed E-state index contributed by atoms with van der Waals surface area (Å²) in [5.74, 6) is -0.307. The molecule has 0 bridgehead atoms. The van der Waals surface area contributed by atoms with Crippen molar-refractivity contribution in [2.75, 3.05) is 7.05 Å². The van der Waals surface area contributed by atoms with E-state index >= 15 is 0 Å². The second kappa shape index (κ2) is 3.78. The normalized spacial score (nSPS) is 16.1. The molecule has 0 unspecified atom stereocenters. The molecule has 0 aliphatic heterocycles. The first kappa shape index (κ1) is 11.5. The minimum absolute atomic E-state index is 0.0281. The summed E-state index contributed by atoms with van der Waals surface area (Å²) in [6.45, 7) is 0. The quantitative estimate of drug-likeness (QED) is 0.830. The van der Waals surface area contributed by atoms with E-state index in [9.17, 15) is 13.2 Å². The first-order chi connectivity index (χ1) is 7.43. The Bertz CT molecular complexity index is 531. The molecule has 0 atom stereocenters. The monoisotopic (exact) mass is 262 g/mol. The Labute approximate surface area is 97.8 Å². The van der Waals surface area contributed by atoms with Gasteiger partial charge in [0.1, 0.15) is 10.6 Å². The summed E-state index contributed by atoms with van der Waals surface area (Å²) in [5, 5.41) is 2.47. The molecule has 1 aromatic heterocycles. The summed E-state index contributed by atoms with van der Waals surface area (Å²) in [6.07, 6.45) is 3.34. The van der Waals surface area contributed by atoms with Gasteiger partial charge in [-0.15, -0.1) is 0 Å². The van der Waals surface area contributed by atoms with Crippen LogP contribution in [0.4, 0.5) is 0 Å². The number of amides is 1. The Morgan fingerprint density at radius 3 is 2.62 bits per heavy atom. The lowest BCUT2D eigenvalue weighted by Crippen LogP contribution is -2.21. The second-order valence-corrected chi connectivity index (χ2v) is 6.28. The zero-order valence-corrected chi connectivity index (χ0v) is 10.2. The zero-order chi connectivity index (χ0) is 11.9. The Kier molecular flexibility index (Phi) is 2.71. The third-order valence-electron chi connectivity index (χ3n) is 2.50. The van der Waals surface area contributed by atoms with E-state index in [0.29, 0.717) is 5.69 Å². The number of carbonyl (C=O) groups excluding carboxylic acids is 1. The Morgan fingerprint density at radius 2 is 2.19 bits per heavy atom. The lowest BCUT2D eigenvalue weighted by Gasteiger charge is -2.04. The van der Waals surface area contributed by atoms with Crippen molar-refractivity contribution in [2.45, 2.75) is 23.8 Å². The average molecular weight is 263 g/mol. The van der Waals surface area contributed by atoms with Gasteiger partial charge in [0.2, 0.25) is 0 Å². The van der Waals surface area contributed by atoms with Crippen LogP contribution in [0, 0.1) is 0 Å². The summed E-state index contributed by atoms with van der Waals surface area (Å²) in [6, 6.07) is 1.53. The minimum atomic E-state index is -3.78. The molecule has 1 aromatic rings. The average Bonchev–Trinajstić information content (AvgIpc) is 2.94. The van der Waals surface area contributed by atoms with Gasteiger partial charge in [-0.2, -0.15) is 0 Å². The molecule has 1 aliphatic rings. The molecule has 1 fully saturated rings. The van der Waals surface area contributed by atoms with Crippen LogP contribution in [0.25, 0.3) is 0 Å². The standard InChI is InChI=1S/C9H11ClN2O3S/c1-11-9(13)8-4-7(16(10,14)15)5-12(8)6-2-3-6/h4-6H,2-3H2,1H3,(H,11,13). The number of hydrogen-bond acceptors (Lipinski definition) is 3. The minimum Gasteiger partial charge on any atom is -0.354 e. The predicted molar refractivity (Wildman–Crippen MR) is 59.1 cm³/mol. The molecule has 1 amide bonds. The van der Waals surface area contributed by atoms with Crippen molar-refractivity contribution >= 4 is 25.6 Å². The van der Waals surface area contributed by atoms with Crippen molar-refractivity contribution in [3.8, 4) is 0 Å². The molecule has 1 aliphatic carbocycles. The maximum atomic E-state index is 11.5. The molecule has 16 heavy (non-hydrogen) atoms. The van der Waals surface area contributed by atoms with Crippen LogP contribution in [0.3, 0.4) is 0 Å². The Hall–Kier alpha value is -1.01. The smallest absolute Gasteiger partial charge is 0.267 e. The highest BCUT2D eigenvalue weighted by Gasteiger charge is 2.29. The molecular formula is C9H11ClN2O3S. The maximum absolute atomic E-state index is 11.5. The van der Waals surface area contributed by atoms with Gasteiger partial charge >= 0.3 is 0 Å². The Morgan fingerprint density at radius 1 is 1.56 bits per heavy atom. The van der Waals surface area contributed by atoms with Crippen molar-refractivity contribution in [3.63, 3.8) is 0 Å². The van der Waals surface area contributed by atoms with E-state index in [1.54, 1.807) is 4.57 Å². The number of aromatic nitrogens is 1. The lowest BCUT2D eigenvalue weighted by atomic mass is 10.4. The summed E-state index contributed by atoms with van der Waals surface area (Å²) >= 11 is 0. The van der Waals surface area contributed by atoms with Crippen LogP contribution in [-0.4, -0.2) is 25.9 Å². The molecule has 0 aromatic carbocycles. The van der Waals surface area contributed by atoms with E-state index in [0.717, 1.165) is 12.8 Å². The van der Waals surface area contributed by atoms with Crippen LogP contribution >= 0.6 is 10.7 Å². The molecule has 88 valence electrons. The van der Waals surface area contributed by atoms with Crippen molar-refractivity contribution in [2.24, 2.45) is 0 Å². The van der Waals surface area contributed by atoms with Crippen LogP contribution in [0.2, 0.25) is 0 Å². The van der Waals surface area contributed by atoms with Gasteiger partial charge in [0.15, 0.2) is 0 Å². The molecule has 7 heteroatoms. The number of carbonyl (C=O) groups is 1. The SMILES string of the molecule is CNC(=O)c1cc(S(=O)(=O)Cl)cn1C1CC1. The van der Waals surface area contributed by atoms with E-state index in [4.69, 9.17) is 10.7 Å². The van der Waals surface area contributed by atoms with E-state index in [1.807, 2.05) is 0 Å². The zero-order valence-electron chi connectivity index (χ0n) is 8.60. The number of halogens is 1. The molecule has 0 spiro atoms. The van der Waals surface area contributed by atoms with Gasteiger partial charge in [0, 0.05) is 30.0 Å².